The molecular formula is C20H27N3. The van der Waals surface area contributed by atoms with E-state index in [2.05, 4.69) is 52.1 Å². The first-order valence-corrected chi connectivity index (χ1v) is 8.93. The second kappa shape index (κ2) is 8.21. The molecule has 1 fully saturated rings. The van der Waals surface area contributed by atoms with E-state index in [0.717, 1.165) is 18.8 Å². The molecule has 3 heteroatoms. The zero-order valence-corrected chi connectivity index (χ0v) is 14.1. The normalized spacial score (nSPS) is 18.9. The Labute approximate surface area is 139 Å². The Morgan fingerprint density at radius 3 is 2.57 bits per heavy atom. The smallest absolute Gasteiger partial charge is 0.127 e. The summed E-state index contributed by atoms with van der Waals surface area (Å²) in [7, 11) is 0. The average molecular weight is 309 g/mol. The number of nitrogens with zero attached hydrogens (tertiary/aromatic N) is 3. The predicted molar refractivity (Wildman–Crippen MR) is 94.2 cm³/mol. The molecule has 1 saturated heterocycles. The fourth-order valence-electron chi connectivity index (χ4n) is 3.45. The van der Waals surface area contributed by atoms with E-state index in [-0.39, 0.29) is 0 Å². The SMILES string of the molecule is CCc1ncc(CN2CCCCC2CCc2ccccc2)cn1. The minimum absolute atomic E-state index is 0.690. The lowest BCUT2D eigenvalue weighted by Crippen LogP contribution is -2.39. The summed E-state index contributed by atoms with van der Waals surface area (Å²) in [6.45, 7) is 4.29. The molecule has 1 aromatic heterocycles. The summed E-state index contributed by atoms with van der Waals surface area (Å²) in [5.74, 6) is 0.938. The van der Waals surface area contributed by atoms with E-state index in [1.165, 1.54) is 49.8 Å². The molecular weight excluding hydrogens is 282 g/mol. The lowest BCUT2D eigenvalue weighted by Gasteiger charge is -2.35. The van der Waals surface area contributed by atoms with Crippen LogP contribution in [0.25, 0.3) is 0 Å². The number of piperidine rings is 1. The van der Waals surface area contributed by atoms with Crippen molar-refractivity contribution in [2.24, 2.45) is 0 Å². The standard InChI is InChI=1S/C20H27N3/c1-2-20-21-14-18(15-22-20)16-23-13-7-6-10-19(23)12-11-17-8-4-3-5-9-17/h3-5,8-9,14-15,19H,2,6-7,10-13,16H2,1H3. The zero-order valence-electron chi connectivity index (χ0n) is 14.1. The average Bonchev–Trinajstić information content (AvgIpc) is 2.62. The Morgan fingerprint density at radius 1 is 1.04 bits per heavy atom. The van der Waals surface area contributed by atoms with Gasteiger partial charge in [-0.2, -0.15) is 0 Å². The number of hydrogen-bond acceptors (Lipinski definition) is 3. The number of benzene rings is 1. The first-order chi connectivity index (χ1) is 11.3. The molecule has 0 saturated carbocycles. The van der Waals surface area contributed by atoms with Crippen molar-refractivity contribution in [3.05, 3.63) is 59.7 Å². The maximum absolute atomic E-state index is 4.44. The molecule has 0 amide bonds. The molecule has 3 nitrogen and oxygen atoms in total. The van der Waals surface area contributed by atoms with Gasteiger partial charge in [0.1, 0.15) is 5.82 Å². The highest BCUT2D eigenvalue weighted by molar-refractivity contribution is 5.15. The molecule has 0 aliphatic carbocycles. The highest BCUT2D eigenvalue weighted by atomic mass is 15.2. The van der Waals surface area contributed by atoms with Gasteiger partial charge in [0.25, 0.3) is 0 Å². The monoisotopic (exact) mass is 309 g/mol. The highest BCUT2D eigenvalue weighted by Crippen LogP contribution is 2.23. The maximum Gasteiger partial charge on any atom is 0.127 e. The third-order valence-corrected chi connectivity index (χ3v) is 4.82. The van der Waals surface area contributed by atoms with Crippen molar-refractivity contribution in [3.63, 3.8) is 0 Å². The third-order valence-electron chi connectivity index (χ3n) is 4.82. The molecule has 122 valence electrons. The van der Waals surface area contributed by atoms with E-state index in [4.69, 9.17) is 0 Å². The largest absolute Gasteiger partial charge is 0.296 e. The van der Waals surface area contributed by atoms with Crippen molar-refractivity contribution >= 4 is 0 Å². The van der Waals surface area contributed by atoms with Crippen LogP contribution in [0.4, 0.5) is 0 Å². The number of aryl methyl sites for hydroxylation is 2. The first-order valence-electron chi connectivity index (χ1n) is 8.93. The summed E-state index contributed by atoms with van der Waals surface area (Å²) < 4.78 is 0. The quantitative estimate of drug-likeness (QED) is 0.807. The molecule has 1 unspecified atom stereocenters. The van der Waals surface area contributed by atoms with Crippen LogP contribution in [0, 0.1) is 0 Å². The maximum atomic E-state index is 4.44. The Bertz CT molecular complexity index is 580. The van der Waals surface area contributed by atoms with Crippen molar-refractivity contribution in [3.8, 4) is 0 Å². The Kier molecular flexibility index (Phi) is 5.76. The van der Waals surface area contributed by atoms with Gasteiger partial charge in [-0.1, -0.05) is 43.7 Å². The minimum atomic E-state index is 0.690. The van der Waals surface area contributed by atoms with E-state index in [1.54, 1.807) is 0 Å². The number of hydrogen-bond donors (Lipinski definition) is 0. The molecule has 0 radical (unpaired) electrons. The van der Waals surface area contributed by atoms with Crippen molar-refractivity contribution in [1.82, 2.24) is 14.9 Å². The summed E-state index contributed by atoms with van der Waals surface area (Å²) in [6, 6.07) is 11.5. The number of aromatic nitrogens is 2. The lowest BCUT2D eigenvalue weighted by atomic mass is 9.95. The van der Waals surface area contributed by atoms with Gasteiger partial charge in [-0.3, -0.25) is 4.90 Å². The Hall–Kier alpha value is -1.74. The van der Waals surface area contributed by atoms with Gasteiger partial charge >= 0.3 is 0 Å². The van der Waals surface area contributed by atoms with Crippen molar-refractivity contribution in [2.75, 3.05) is 6.54 Å². The zero-order chi connectivity index (χ0) is 15.9. The first kappa shape index (κ1) is 16.1. The second-order valence-electron chi connectivity index (χ2n) is 6.51. The second-order valence-corrected chi connectivity index (χ2v) is 6.51. The summed E-state index contributed by atoms with van der Waals surface area (Å²) in [6.07, 6.45) is 11.3. The predicted octanol–water partition coefficient (Wildman–Crippen LogP) is 4.03. The molecule has 0 bridgehead atoms. The van der Waals surface area contributed by atoms with Gasteiger partial charge in [-0.15, -0.1) is 0 Å². The van der Waals surface area contributed by atoms with Gasteiger partial charge in [0.15, 0.2) is 0 Å². The van der Waals surface area contributed by atoms with Crippen LogP contribution in [0.5, 0.6) is 0 Å². The van der Waals surface area contributed by atoms with Crippen molar-refractivity contribution in [2.45, 2.75) is 58.0 Å². The van der Waals surface area contributed by atoms with Crippen molar-refractivity contribution < 1.29 is 0 Å². The third kappa shape index (κ3) is 4.61. The van der Waals surface area contributed by atoms with E-state index in [9.17, 15) is 0 Å². The summed E-state index contributed by atoms with van der Waals surface area (Å²) in [5, 5.41) is 0. The van der Waals surface area contributed by atoms with Gasteiger partial charge in [-0.05, 0) is 37.8 Å². The van der Waals surface area contributed by atoms with Crippen LogP contribution >= 0.6 is 0 Å². The van der Waals surface area contributed by atoms with Crippen molar-refractivity contribution in [1.29, 1.82) is 0 Å². The fourth-order valence-corrected chi connectivity index (χ4v) is 3.45. The summed E-state index contributed by atoms with van der Waals surface area (Å²) >= 11 is 0. The molecule has 1 aliphatic rings. The summed E-state index contributed by atoms with van der Waals surface area (Å²) in [4.78, 5) is 11.5. The number of rotatable bonds is 6. The van der Waals surface area contributed by atoms with Gasteiger partial charge in [0.05, 0.1) is 0 Å². The molecule has 1 aliphatic heterocycles. The number of likely N-dealkylation sites (tertiary alicyclic amines) is 1. The van der Waals surface area contributed by atoms with Crippen LogP contribution in [0.15, 0.2) is 42.7 Å². The van der Waals surface area contributed by atoms with Crippen LogP contribution < -0.4 is 0 Å². The lowest BCUT2D eigenvalue weighted by molar-refractivity contribution is 0.132. The molecule has 2 heterocycles. The van der Waals surface area contributed by atoms with Crippen LogP contribution in [-0.4, -0.2) is 27.5 Å². The Balaban J connectivity index is 1.59. The van der Waals surface area contributed by atoms with E-state index in [0.29, 0.717) is 6.04 Å². The summed E-state index contributed by atoms with van der Waals surface area (Å²) in [5.41, 5.74) is 2.70. The molecule has 3 rings (SSSR count). The van der Waals surface area contributed by atoms with Gasteiger partial charge < -0.3 is 0 Å². The Morgan fingerprint density at radius 2 is 1.83 bits per heavy atom. The van der Waals surface area contributed by atoms with Crippen LogP contribution in [0.1, 0.15) is 49.6 Å². The van der Waals surface area contributed by atoms with E-state index in [1.807, 2.05) is 12.4 Å². The molecule has 1 atom stereocenters. The van der Waals surface area contributed by atoms with Gasteiger partial charge in [-0.25, -0.2) is 9.97 Å². The van der Waals surface area contributed by atoms with Crippen LogP contribution in [-0.2, 0) is 19.4 Å². The molecule has 23 heavy (non-hydrogen) atoms. The molecule has 1 aromatic carbocycles. The van der Waals surface area contributed by atoms with Gasteiger partial charge in [0, 0.05) is 37.0 Å². The minimum Gasteiger partial charge on any atom is -0.296 e. The van der Waals surface area contributed by atoms with Gasteiger partial charge in [0.2, 0.25) is 0 Å². The molecule has 2 aromatic rings. The van der Waals surface area contributed by atoms with E-state index < -0.39 is 0 Å². The van der Waals surface area contributed by atoms with E-state index >= 15 is 0 Å². The van der Waals surface area contributed by atoms with Crippen LogP contribution in [0.3, 0.4) is 0 Å². The van der Waals surface area contributed by atoms with Crippen LogP contribution in [0.2, 0.25) is 0 Å². The fraction of sp³-hybridized carbons (Fsp3) is 0.500. The molecule has 0 N–H and O–H groups in total. The highest BCUT2D eigenvalue weighted by Gasteiger charge is 2.22. The molecule has 0 spiro atoms. The topological polar surface area (TPSA) is 29.0 Å².